The Labute approximate surface area is 173 Å². The zero-order valence-corrected chi connectivity index (χ0v) is 17.3. The van der Waals surface area contributed by atoms with Crippen LogP contribution in [0.3, 0.4) is 0 Å². The van der Waals surface area contributed by atoms with Crippen molar-refractivity contribution in [1.29, 1.82) is 0 Å². The maximum Gasteiger partial charge on any atom is 0.255 e. The number of hydrogen-bond donors (Lipinski definition) is 1. The molecular formula is C19H23ClN4O3S. The van der Waals surface area contributed by atoms with E-state index < -0.39 is 0 Å². The maximum absolute atomic E-state index is 13.0. The summed E-state index contributed by atoms with van der Waals surface area (Å²) >= 11 is 7.56. The van der Waals surface area contributed by atoms with Crippen molar-refractivity contribution in [3.8, 4) is 0 Å². The summed E-state index contributed by atoms with van der Waals surface area (Å²) in [6, 6.07) is 6.88. The number of aryl methyl sites for hydroxylation is 1. The van der Waals surface area contributed by atoms with Crippen LogP contribution < -0.4 is 5.32 Å². The Hall–Kier alpha value is -2.00. The van der Waals surface area contributed by atoms with Gasteiger partial charge in [0.15, 0.2) is 5.13 Å². The van der Waals surface area contributed by atoms with Crippen molar-refractivity contribution in [2.45, 2.75) is 6.92 Å². The third kappa shape index (κ3) is 5.75. The van der Waals surface area contributed by atoms with E-state index in [0.717, 1.165) is 18.8 Å². The Morgan fingerprint density at radius 2 is 2.07 bits per heavy atom. The number of benzene rings is 1. The molecule has 1 fully saturated rings. The van der Waals surface area contributed by atoms with Gasteiger partial charge in [-0.15, -0.1) is 11.3 Å². The van der Waals surface area contributed by atoms with Crippen LogP contribution >= 0.6 is 22.9 Å². The molecule has 1 aliphatic heterocycles. The molecule has 9 heteroatoms. The van der Waals surface area contributed by atoms with E-state index in [1.807, 2.05) is 12.3 Å². The van der Waals surface area contributed by atoms with E-state index in [-0.39, 0.29) is 18.4 Å². The lowest BCUT2D eigenvalue weighted by molar-refractivity contribution is -0.117. The van der Waals surface area contributed by atoms with E-state index in [4.69, 9.17) is 16.3 Å². The number of amides is 2. The molecule has 0 spiro atoms. The standard InChI is InChI=1S/C19H23ClN4O3S/c1-14-13-28-19(21-14)22-17(25)12-24(7-6-23-8-10-27-11-9-23)18(26)15-4-2-3-5-16(15)20/h2-5,13H,6-12H2,1H3,(H,21,22,25). The number of thiazole rings is 1. The minimum atomic E-state index is -0.281. The van der Waals surface area contributed by atoms with Crippen LogP contribution in [0.2, 0.25) is 5.02 Å². The van der Waals surface area contributed by atoms with Crippen LogP contribution in [0.5, 0.6) is 0 Å². The van der Waals surface area contributed by atoms with E-state index in [2.05, 4.69) is 15.2 Å². The molecule has 1 aromatic carbocycles. The van der Waals surface area contributed by atoms with Crippen molar-refractivity contribution in [2.75, 3.05) is 51.3 Å². The van der Waals surface area contributed by atoms with Crippen LogP contribution in [0.4, 0.5) is 5.13 Å². The summed E-state index contributed by atoms with van der Waals surface area (Å²) in [5, 5.41) is 5.53. The van der Waals surface area contributed by atoms with Crippen LogP contribution in [0.25, 0.3) is 0 Å². The molecule has 0 aliphatic carbocycles. The van der Waals surface area contributed by atoms with Gasteiger partial charge in [-0.2, -0.15) is 0 Å². The zero-order chi connectivity index (χ0) is 19.9. The number of carbonyl (C=O) groups excluding carboxylic acids is 2. The molecule has 0 unspecified atom stereocenters. The van der Waals surface area contributed by atoms with Gasteiger partial charge < -0.3 is 15.0 Å². The molecule has 28 heavy (non-hydrogen) atoms. The van der Waals surface area contributed by atoms with Gasteiger partial charge in [0.2, 0.25) is 5.91 Å². The van der Waals surface area contributed by atoms with Gasteiger partial charge in [-0.25, -0.2) is 4.98 Å². The molecule has 1 aromatic heterocycles. The summed E-state index contributed by atoms with van der Waals surface area (Å²) in [6.07, 6.45) is 0. The van der Waals surface area contributed by atoms with Crippen molar-refractivity contribution in [2.24, 2.45) is 0 Å². The lowest BCUT2D eigenvalue weighted by atomic mass is 10.2. The fraction of sp³-hybridized carbons (Fsp3) is 0.421. The first kappa shape index (κ1) is 20.7. The average Bonchev–Trinajstić information content (AvgIpc) is 3.10. The van der Waals surface area contributed by atoms with Crippen LogP contribution in [0, 0.1) is 6.92 Å². The smallest absolute Gasteiger partial charge is 0.255 e. The van der Waals surface area contributed by atoms with Crippen molar-refractivity contribution in [1.82, 2.24) is 14.8 Å². The first-order valence-electron chi connectivity index (χ1n) is 9.09. The second kappa shape index (κ2) is 9.97. The molecule has 1 aliphatic rings. The SMILES string of the molecule is Cc1csc(NC(=O)CN(CCN2CCOCC2)C(=O)c2ccccc2Cl)n1. The van der Waals surface area contributed by atoms with Gasteiger partial charge >= 0.3 is 0 Å². The quantitative estimate of drug-likeness (QED) is 0.742. The van der Waals surface area contributed by atoms with Crippen LogP contribution in [-0.4, -0.2) is 72.5 Å². The van der Waals surface area contributed by atoms with Crippen LogP contribution in [0.15, 0.2) is 29.6 Å². The van der Waals surface area contributed by atoms with Gasteiger partial charge in [0.1, 0.15) is 6.54 Å². The Morgan fingerprint density at radius 3 is 2.75 bits per heavy atom. The Bertz CT molecular complexity index is 823. The first-order valence-corrected chi connectivity index (χ1v) is 10.3. The monoisotopic (exact) mass is 422 g/mol. The number of anilines is 1. The zero-order valence-electron chi connectivity index (χ0n) is 15.7. The number of nitrogens with zero attached hydrogens (tertiary/aromatic N) is 3. The molecule has 1 N–H and O–H groups in total. The molecule has 0 atom stereocenters. The summed E-state index contributed by atoms with van der Waals surface area (Å²) in [5.41, 5.74) is 1.24. The summed E-state index contributed by atoms with van der Waals surface area (Å²) in [7, 11) is 0. The van der Waals surface area contributed by atoms with Gasteiger partial charge in [0.25, 0.3) is 5.91 Å². The molecule has 0 bridgehead atoms. The molecule has 2 amide bonds. The van der Waals surface area contributed by atoms with E-state index in [9.17, 15) is 9.59 Å². The molecule has 1 saturated heterocycles. The molecule has 0 saturated carbocycles. The van der Waals surface area contributed by atoms with Gasteiger partial charge in [-0.1, -0.05) is 23.7 Å². The van der Waals surface area contributed by atoms with Crippen molar-refractivity contribution >= 4 is 39.9 Å². The highest BCUT2D eigenvalue weighted by atomic mass is 35.5. The molecule has 3 rings (SSSR count). The average molecular weight is 423 g/mol. The number of rotatable bonds is 7. The van der Waals surface area contributed by atoms with Gasteiger partial charge in [-0.3, -0.25) is 14.5 Å². The predicted octanol–water partition coefficient (Wildman–Crippen LogP) is 2.52. The third-order valence-corrected chi connectivity index (χ3v) is 5.59. The molecule has 0 radical (unpaired) electrons. The second-order valence-corrected chi connectivity index (χ2v) is 7.77. The lowest BCUT2D eigenvalue weighted by Crippen LogP contribution is -2.45. The van der Waals surface area contributed by atoms with Crippen molar-refractivity contribution < 1.29 is 14.3 Å². The minimum absolute atomic E-state index is 0.0625. The fourth-order valence-corrected chi connectivity index (χ4v) is 3.81. The molecular weight excluding hydrogens is 400 g/mol. The highest BCUT2D eigenvalue weighted by Gasteiger charge is 2.22. The van der Waals surface area contributed by atoms with Crippen LogP contribution in [-0.2, 0) is 9.53 Å². The number of nitrogens with one attached hydrogen (secondary N) is 1. The van der Waals surface area contributed by atoms with Gasteiger partial charge in [-0.05, 0) is 19.1 Å². The number of morpholine rings is 1. The van der Waals surface area contributed by atoms with E-state index in [1.165, 1.54) is 16.2 Å². The van der Waals surface area contributed by atoms with Crippen molar-refractivity contribution in [3.63, 3.8) is 0 Å². The maximum atomic E-state index is 13.0. The van der Waals surface area contributed by atoms with Crippen LogP contribution in [0.1, 0.15) is 16.1 Å². The van der Waals surface area contributed by atoms with Gasteiger partial charge in [0.05, 0.1) is 29.5 Å². The summed E-state index contributed by atoms with van der Waals surface area (Å²) in [5.74, 6) is -0.541. The van der Waals surface area contributed by atoms with E-state index in [0.29, 0.717) is 42.0 Å². The van der Waals surface area contributed by atoms with Crippen molar-refractivity contribution in [3.05, 3.63) is 45.9 Å². The largest absolute Gasteiger partial charge is 0.379 e. The molecule has 7 nitrogen and oxygen atoms in total. The minimum Gasteiger partial charge on any atom is -0.379 e. The first-order chi connectivity index (χ1) is 13.5. The Morgan fingerprint density at radius 1 is 1.32 bits per heavy atom. The number of ether oxygens (including phenoxy) is 1. The molecule has 2 aromatic rings. The number of aromatic nitrogens is 1. The Kier molecular flexibility index (Phi) is 7.38. The number of carbonyl (C=O) groups is 2. The highest BCUT2D eigenvalue weighted by molar-refractivity contribution is 7.13. The highest BCUT2D eigenvalue weighted by Crippen LogP contribution is 2.18. The van der Waals surface area contributed by atoms with Gasteiger partial charge in [0, 0.05) is 31.6 Å². The number of hydrogen-bond acceptors (Lipinski definition) is 6. The predicted molar refractivity (Wildman–Crippen MR) is 110 cm³/mol. The lowest BCUT2D eigenvalue weighted by Gasteiger charge is -2.30. The summed E-state index contributed by atoms with van der Waals surface area (Å²) in [4.78, 5) is 33.5. The second-order valence-electron chi connectivity index (χ2n) is 6.50. The molecule has 150 valence electrons. The topological polar surface area (TPSA) is 74.8 Å². The van der Waals surface area contributed by atoms with E-state index in [1.54, 1.807) is 24.3 Å². The molecule has 2 heterocycles. The summed E-state index contributed by atoms with van der Waals surface area (Å²) in [6.45, 7) is 5.90. The number of halogens is 1. The summed E-state index contributed by atoms with van der Waals surface area (Å²) < 4.78 is 5.36. The Balaban J connectivity index is 1.68. The normalized spacial score (nSPS) is 14.6. The van der Waals surface area contributed by atoms with E-state index >= 15 is 0 Å². The fourth-order valence-electron chi connectivity index (χ4n) is 2.89. The third-order valence-electron chi connectivity index (χ3n) is 4.38.